The topological polar surface area (TPSA) is 146 Å². The molecule has 0 fully saturated rings. The van der Waals surface area contributed by atoms with Gasteiger partial charge in [-0.05, 0) is 24.3 Å². The van der Waals surface area contributed by atoms with Crippen molar-refractivity contribution in [1.82, 2.24) is 0 Å². The highest BCUT2D eigenvalue weighted by molar-refractivity contribution is 7.21. The number of benzene rings is 2. The Bertz CT molecular complexity index is 1640. The van der Waals surface area contributed by atoms with Gasteiger partial charge in [-0.2, -0.15) is 0 Å². The van der Waals surface area contributed by atoms with Gasteiger partial charge >= 0.3 is 11.9 Å². The third kappa shape index (κ3) is 7.32. The summed E-state index contributed by atoms with van der Waals surface area (Å²) in [4.78, 5) is 46.6. The molecule has 0 saturated heterocycles. The number of ether oxygens (including phenoxy) is 4. The van der Waals surface area contributed by atoms with E-state index in [4.69, 9.17) is 29.2 Å². The lowest BCUT2D eigenvalue weighted by molar-refractivity contribution is -0.137. The summed E-state index contributed by atoms with van der Waals surface area (Å²) >= 11 is 2.05. The largest absolute Gasteiger partial charge is 0.493 e. The summed E-state index contributed by atoms with van der Waals surface area (Å²) in [5.74, 6) is -4.68. The molecule has 0 unspecified atom stereocenters. The van der Waals surface area contributed by atoms with Crippen LogP contribution in [0.25, 0.3) is 20.2 Å². The number of ketones is 2. The summed E-state index contributed by atoms with van der Waals surface area (Å²) in [5.41, 5.74) is 0. The minimum absolute atomic E-state index is 0.0997. The van der Waals surface area contributed by atoms with Gasteiger partial charge in [0, 0.05) is 45.1 Å². The minimum Gasteiger partial charge on any atom is -0.493 e. The van der Waals surface area contributed by atoms with Crippen molar-refractivity contribution in [3.8, 4) is 23.0 Å². The van der Waals surface area contributed by atoms with Crippen molar-refractivity contribution in [3.63, 3.8) is 0 Å². The molecule has 0 aliphatic heterocycles. The Morgan fingerprint density at radius 2 is 1.07 bits per heavy atom. The molecule has 0 saturated carbocycles. The van der Waals surface area contributed by atoms with E-state index in [1.165, 1.54) is 50.6 Å². The molecular weight excluding hydrogens is 622 g/mol. The zero-order chi connectivity index (χ0) is 32.0. The van der Waals surface area contributed by atoms with E-state index in [0.29, 0.717) is 9.40 Å². The van der Waals surface area contributed by atoms with Crippen LogP contribution in [0.4, 0.5) is 8.78 Å². The van der Waals surface area contributed by atoms with Crippen molar-refractivity contribution in [2.75, 3.05) is 27.4 Å². The van der Waals surface area contributed by atoms with Crippen LogP contribution in [0.15, 0.2) is 36.4 Å². The molecule has 0 amide bonds. The van der Waals surface area contributed by atoms with Crippen LogP contribution in [0.1, 0.15) is 45.0 Å². The number of fused-ring (bicyclic) bond motifs is 2. The van der Waals surface area contributed by atoms with Gasteiger partial charge in [-0.1, -0.05) is 0 Å². The molecule has 0 radical (unpaired) electrons. The van der Waals surface area contributed by atoms with Gasteiger partial charge in [0.25, 0.3) is 0 Å². The highest BCUT2D eigenvalue weighted by Gasteiger charge is 2.22. The average Bonchev–Trinajstić information content (AvgIpc) is 3.63. The number of aliphatic carboxylic acids is 2. The number of Topliss-reactive ketones (excluding diaryl/α,β-unsaturated/α-hetero) is 2. The van der Waals surface area contributed by atoms with Crippen LogP contribution in [-0.4, -0.2) is 61.2 Å². The van der Waals surface area contributed by atoms with E-state index >= 15 is 8.78 Å². The zero-order valence-corrected chi connectivity index (χ0v) is 25.1. The molecule has 10 nitrogen and oxygen atoms in total. The van der Waals surface area contributed by atoms with Gasteiger partial charge < -0.3 is 29.2 Å². The maximum absolute atomic E-state index is 15.3. The molecule has 0 aliphatic rings. The highest BCUT2D eigenvalue weighted by atomic mass is 32.1. The van der Waals surface area contributed by atoms with E-state index in [9.17, 15) is 19.2 Å². The van der Waals surface area contributed by atoms with E-state index in [1.54, 1.807) is 0 Å². The molecule has 2 aromatic heterocycles. The first-order valence-electron chi connectivity index (χ1n) is 13.0. The maximum atomic E-state index is 15.3. The molecule has 14 heteroatoms. The van der Waals surface area contributed by atoms with Crippen molar-refractivity contribution in [1.29, 1.82) is 0 Å². The second-order valence-electron chi connectivity index (χ2n) is 9.22. The van der Waals surface area contributed by atoms with E-state index < -0.39 is 35.1 Å². The molecule has 0 spiro atoms. The number of carbonyl (C=O) groups is 4. The van der Waals surface area contributed by atoms with Gasteiger partial charge in [0.05, 0.1) is 36.8 Å². The zero-order valence-electron chi connectivity index (χ0n) is 23.4. The van der Waals surface area contributed by atoms with Crippen molar-refractivity contribution >= 4 is 66.4 Å². The summed E-state index contributed by atoms with van der Waals surface area (Å²) in [5, 5.41) is 17.9. The highest BCUT2D eigenvalue weighted by Crippen LogP contribution is 2.41. The maximum Gasteiger partial charge on any atom is 0.303 e. The summed E-state index contributed by atoms with van der Waals surface area (Å²) in [6.45, 7) is -0.219. The Kier molecular flexibility index (Phi) is 10.5. The number of carbonyl (C=O) groups excluding carboxylic acids is 2. The van der Waals surface area contributed by atoms with Gasteiger partial charge in [0.15, 0.2) is 46.2 Å². The molecule has 0 aliphatic carbocycles. The number of halogens is 2. The van der Waals surface area contributed by atoms with E-state index in [0.717, 1.165) is 22.7 Å². The molecule has 2 N–H and O–H groups in total. The lowest BCUT2D eigenvalue weighted by atomic mass is 10.1. The fourth-order valence-corrected chi connectivity index (χ4v) is 6.24. The predicted octanol–water partition coefficient (Wildman–Crippen LogP) is 6.52. The molecule has 232 valence electrons. The van der Waals surface area contributed by atoms with Crippen LogP contribution in [0.3, 0.4) is 0 Å². The third-order valence-electron chi connectivity index (χ3n) is 6.30. The lowest BCUT2D eigenvalue weighted by Crippen LogP contribution is -2.02. The summed E-state index contributed by atoms with van der Waals surface area (Å²) in [7, 11) is 2.68. The first-order chi connectivity index (χ1) is 21.0. The molecule has 0 atom stereocenters. The van der Waals surface area contributed by atoms with Crippen molar-refractivity contribution < 1.29 is 57.1 Å². The Morgan fingerprint density at radius 3 is 1.41 bits per heavy atom. The molecule has 2 aromatic carbocycles. The van der Waals surface area contributed by atoms with Crippen LogP contribution in [-0.2, 0) is 9.59 Å². The number of hydrogen-bond donors (Lipinski definition) is 2. The van der Waals surface area contributed by atoms with E-state index in [1.807, 2.05) is 0 Å². The normalized spacial score (nSPS) is 11.3. The van der Waals surface area contributed by atoms with Gasteiger partial charge in [-0.15, -0.1) is 22.7 Å². The van der Waals surface area contributed by atoms with Crippen LogP contribution < -0.4 is 18.9 Å². The van der Waals surface area contributed by atoms with Crippen molar-refractivity contribution in [2.24, 2.45) is 0 Å². The molecule has 4 rings (SSSR count). The van der Waals surface area contributed by atoms with E-state index in [2.05, 4.69) is 0 Å². The number of rotatable bonds is 16. The second kappa shape index (κ2) is 14.3. The molecule has 0 bridgehead atoms. The average molecular weight is 649 g/mol. The van der Waals surface area contributed by atoms with Gasteiger partial charge in [0.1, 0.15) is 13.2 Å². The quantitative estimate of drug-likeness (QED) is 0.102. The van der Waals surface area contributed by atoms with Crippen molar-refractivity contribution in [3.05, 3.63) is 57.8 Å². The Labute approximate surface area is 257 Å². The molecule has 4 aromatic rings. The number of carboxylic acids is 2. The smallest absolute Gasteiger partial charge is 0.303 e. The molecule has 44 heavy (non-hydrogen) atoms. The van der Waals surface area contributed by atoms with Gasteiger partial charge in [-0.3, -0.25) is 19.2 Å². The number of thiophene rings is 2. The Hall–Kier alpha value is -4.56. The summed E-state index contributed by atoms with van der Waals surface area (Å²) in [6.07, 6.45) is 1.97. The monoisotopic (exact) mass is 648 g/mol. The van der Waals surface area contributed by atoms with Crippen LogP contribution in [0, 0.1) is 11.6 Å². The van der Waals surface area contributed by atoms with Crippen molar-refractivity contribution in [2.45, 2.75) is 25.7 Å². The fourth-order valence-electron chi connectivity index (χ4n) is 4.13. The standard InChI is InChI=1S/C30H26F2O10S2/c1-39-19-13-21-15(11-23(43-21)17(33)5-7-25(35)36)27(31)29(19)41-9-3-4-10-42-30-20(40-2)14-22-16(28(30)32)12-24(44-22)18(34)6-8-26(37)38/h3-4,11-14H,5-10H2,1-2H3,(H,35,36)(H,37,38)/b4-3-. The summed E-state index contributed by atoms with van der Waals surface area (Å²) < 4.78 is 53.2. The first kappa shape index (κ1) is 32.4. The number of carboxylic acid groups (broad SMARTS) is 2. The fraction of sp³-hybridized carbons (Fsp3) is 0.267. The first-order valence-corrected chi connectivity index (χ1v) is 14.7. The Balaban J connectivity index is 1.43. The van der Waals surface area contributed by atoms with Crippen LogP contribution in [0.5, 0.6) is 23.0 Å². The van der Waals surface area contributed by atoms with Crippen LogP contribution >= 0.6 is 22.7 Å². The van der Waals surface area contributed by atoms with E-state index in [-0.39, 0.29) is 82.4 Å². The number of methoxy groups -OCH3 is 2. The van der Waals surface area contributed by atoms with Crippen LogP contribution in [0.2, 0.25) is 0 Å². The number of hydrogen-bond acceptors (Lipinski definition) is 10. The van der Waals surface area contributed by atoms with Gasteiger partial charge in [-0.25, -0.2) is 8.78 Å². The Morgan fingerprint density at radius 1 is 0.682 bits per heavy atom. The minimum atomic E-state index is -1.10. The molecule has 2 heterocycles. The predicted molar refractivity (Wildman–Crippen MR) is 159 cm³/mol. The SMILES string of the molecule is COc1cc2sc(C(=O)CCC(=O)O)cc2c(F)c1OC/C=C\COc1c(OC)cc2sc(C(=O)CCC(=O)O)cc2c1F. The molecular formula is C30H26F2O10S2. The summed E-state index contributed by atoms with van der Waals surface area (Å²) in [6, 6.07) is 5.77. The second-order valence-corrected chi connectivity index (χ2v) is 11.4. The van der Waals surface area contributed by atoms with Gasteiger partial charge in [0.2, 0.25) is 0 Å². The lowest BCUT2D eigenvalue weighted by Gasteiger charge is -2.12. The third-order valence-corrected chi connectivity index (χ3v) is 8.55.